The molecule has 0 aliphatic heterocycles. The molecule has 0 spiro atoms. The number of carbonyl (C=O) groups is 2. The molecule has 4 nitrogen and oxygen atoms in total. The molecule has 0 aliphatic rings. The Labute approximate surface area is 150 Å². The van der Waals surface area contributed by atoms with Gasteiger partial charge in [-0.2, -0.15) is 0 Å². The Morgan fingerprint density at radius 3 is 2.29 bits per heavy atom. The Morgan fingerprint density at radius 1 is 1.12 bits per heavy atom. The minimum absolute atomic E-state index is 0.0267. The number of unbranched alkanes of at least 4 members (excludes halogenated alkanes) is 2. The summed E-state index contributed by atoms with van der Waals surface area (Å²) >= 11 is 5.91. The summed E-state index contributed by atoms with van der Waals surface area (Å²) < 4.78 is 0. The maximum Gasteiger partial charge on any atom is 0.242 e. The number of carbonyl (C=O) groups excluding carboxylic acids is 2. The van der Waals surface area contributed by atoms with E-state index in [0.29, 0.717) is 18.1 Å². The highest BCUT2D eigenvalue weighted by atomic mass is 35.5. The molecule has 0 aromatic heterocycles. The van der Waals surface area contributed by atoms with Crippen LogP contribution in [0.1, 0.15) is 52.5 Å². The molecule has 1 aromatic rings. The van der Waals surface area contributed by atoms with Crippen molar-refractivity contribution in [3.63, 3.8) is 0 Å². The van der Waals surface area contributed by atoms with Crippen LogP contribution < -0.4 is 5.32 Å². The summed E-state index contributed by atoms with van der Waals surface area (Å²) in [5.41, 5.74) is 0.957. The Bertz CT molecular complexity index is 529. The second-order valence-corrected chi connectivity index (χ2v) is 6.86. The van der Waals surface area contributed by atoms with Crippen LogP contribution >= 0.6 is 11.6 Å². The van der Waals surface area contributed by atoms with Gasteiger partial charge in [0.25, 0.3) is 0 Å². The monoisotopic (exact) mass is 352 g/mol. The average Bonchev–Trinajstić information content (AvgIpc) is 2.56. The van der Waals surface area contributed by atoms with Gasteiger partial charge in [0, 0.05) is 24.0 Å². The molecular weight excluding hydrogens is 324 g/mol. The third-order valence-electron chi connectivity index (χ3n) is 3.97. The maximum absolute atomic E-state index is 12.6. The number of rotatable bonds is 9. The molecule has 0 saturated carbocycles. The zero-order valence-corrected chi connectivity index (χ0v) is 15.9. The van der Waals surface area contributed by atoms with Crippen LogP contribution in [0.3, 0.4) is 0 Å². The lowest BCUT2D eigenvalue weighted by atomic mass is 10.1. The number of amides is 2. The van der Waals surface area contributed by atoms with Crippen LogP contribution in [0.5, 0.6) is 0 Å². The molecule has 0 saturated heterocycles. The number of benzene rings is 1. The molecule has 1 aromatic carbocycles. The standard InChI is InChI=1S/C19H29ClN2O2/c1-5-6-7-12-21-18(23)15(4)22(19(24)14(2)3)13-16-8-10-17(20)11-9-16/h8-11,14-15H,5-7,12-13H2,1-4H3,(H,21,23). The van der Waals surface area contributed by atoms with Gasteiger partial charge in [-0.1, -0.05) is 57.3 Å². The average molecular weight is 353 g/mol. The lowest BCUT2D eigenvalue weighted by Gasteiger charge is -2.30. The lowest BCUT2D eigenvalue weighted by molar-refractivity contribution is -0.143. The Balaban J connectivity index is 2.78. The van der Waals surface area contributed by atoms with E-state index in [4.69, 9.17) is 11.6 Å². The summed E-state index contributed by atoms with van der Waals surface area (Å²) in [6, 6.07) is 6.86. The minimum atomic E-state index is -0.503. The van der Waals surface area contributed by atoms with Crippen LogP contribution in [0.4, 0.5) is 0 Å². The van der Waals surface area contributed by atoms with Gasteiger partial charge in [0.05, 0.1) is 0 Å². The highest BCUT2D eigenvalue weighted by Gasteiger charge is 2.27. The first kappa shape index (κ1) is 20.5. The van der Waals surface area contributed by atoms with E-state index < -0.39 is 6.04 Å². The molecule has 1 rings (SSSR count). The van der Waals surface area contributed by atoms with E-state index in [1.54, 1.807) is 24.0 Å². The van der Waals surface area contributed by atoms with Crippen molar-refractivity contribution >= 4 is 23.4 Å². The summed E-state index contributed by atoms with van der Waals surface area (Å²) in [6.07, 6.45) is 3.16. The molecule has 1 atom stereocenters. The Morgan fingerprint density at radius 2 is 1.75 bits per heavy atom. The van der Waals surface area contributed by atoms with Gasteiger partial charge in [-0.15, -0.1) is 0 Å². The fraction of sp³-hybridized carbons (Fsp3) is 0.579. The van der Waals surface area contributed by atoms with Crippen molar-refractivity contribution in [3.05, 3.63) is 34.9 Å². The maximum atomic E-state index is 12.6. The molecule has 0 aliphatic carbocycles. The third-order valence-corrected chi connectivity index (χ3v) is 4.22. The molecule has 0 radical (unpaired) electrons. The van der Waals surface area contributed by atoms with E-state index in [2.05, 4.69) is 12.2 Å². The molecule has 1 N–H and O–H groups in total. The summed E-state index contributed by atoms with van der Waals surface area (Å²) in [4.78, 5) is 26.6. The van der Waals surface area contributed by atoms with E-state index in [-0.39, 0.29) is 17.7 Å². The van der Waals surface area contributed by atoms with Crippen LogP contribution in [0.15, 0.2) is 24.3 Å². The molecule has 5 heteroatoms. The molecule has 0 heterocycles. The molecule has 1 unspecified atom stereocenters. The van der Waals surface area contributed by atoms with Crippen molar-refractivity contribution in [2.45, 2.75) is 59.5 Å². The number of nitrogens with zero attached hydrogens (tertiary/aromatic N) is 1. The Hall–Kier alpha value is -1.55. The summed E-state index contributed by atoms with van der Waals surface area (Å²) in [7, 11) is 0. The minimum Gasteiger partial charge on any atom is -0.354 e. The first-order valence-corrected chi connectivity index (χ1v) is 9.07. The smallest absolute Gasteiger partial charge is 0.242 e. The first-order valence-electron chi connectivity index (χ1n) is 8.69. The quantitative estimate of drug-likeness (QED) is 0.682. The molecule has 134 valence electrons. The van der Waals surface area contributed by atoms with Crippen LogP contribution in [0, 0.1) is 5.92 Å². The number of hydrogen-bond donors (Lipinski definition) is 1. The van der Waals surface area contributed by atoms with Crippen molar-refractivity contribution in [2.24, 2.45) is 5.92 Å². The van der Waals surface area contributed by atoms with E-state index in [1.165, 1.54) is 0 Å². The summed E-state index contributed by atoms with van der Waals surface area (Å²) in [5, 5.41) is 3.59. The van der Waals surface area contributed by atoms with E-state index >= 15 is 0 Å². The Kier molecular flexibility index (Phi) is 8.83. The fourth-order valence-electron chi connectivity index (χ4n) is 2.40. The third kappa shape index (κ3) is 6.52. The molecule has 0 bridgehead atoms. The van der Waals surface area contributed by atoms with E-state index in [0.717, 1.165) is 24.8 Å². The summed E-state index contributed by atoms with van der Waals surface area (Å²) in [5.74, 6) is -0.289. The van der Waals surface area contributed by atoms with Crippen molar-refractivity contribution in [1.29, 1.82) is 0 Å². The SMILES string of the molecule is CCCCCNC(=O)C(C)N(Cc1ccc(Cl)cc1)C(=O)C(C)C. The first-order chi connectivity index (χ1) is 11.4. The molecular formula is C19H29ClN2O2. The van der Waals surface area contributed by atoms with Crippen molar-refractivity contribution in [1.82, 2.24) is 10.2 Å². The van der Waals surface area contributed by atoms with Gasteiger partial charge in [-0.3, -0.25) is 9.59 Å². The van der Waals surface area contributed by atoms with Gasteiger partial charge in [0.1, 0.15) is 6.04 Å². The number of hydrogen-bond acceptors (Lipinski definition) is 2. The van der Waals surface area contributed by atoms with Crippen LogP contribution in [-0.4, -0.2) is 29.3 Å². The van der Waals surface area contributed by atoms with Crippen molar-refractivity contribution in [2.75, 3.05) is 6.54 Å². The fourth-order valence-corrected chi connectivity index (χ4v) is 2.53. The van der Waals surface area contributed by atoms with Crippen LogP contribution in [0.2, 0.25) is 5.02 Å². The van der Waals surface area contributed by atoms with Crippen molar-refractivity contribution in [3.8, 4) is 0 Å². The second-order valence-electron chi connectivity index (χ2n) is 6.42. The predicted molar refractivity (Wildman–Crippen MR) is 98.8 cm³/mol. The van der Waals surface area contributed by atoms with E-state index in [1.807, 2.05) is 26.0 Å². The lowest BCUT2D eigenvalue weighted by Crippen LogP contribution is -2.49. The van der Waals surface area contributed by atoms with Gasteiger partial charge >= 0.3 is 0 Å². The summed E-state index contributed by atoms with van der Waals surface area (Å²) in [6.45, 7) is 8.66. The number of nitrogens with one attached hydrogen (secondary N) is 1. The van der Waals surface area contributed by atoms with Gasteiger partial charge in [-0.05, 0) is 31.0 Å². The second kappa shape index (κ2) is 10.3. The molecule has 2 amide bonds. The van der Waals surface area contributed by atoms with Gasteiger partial charge in [0.2, 0.25) is 11.8 Å². The number of halogens is 1. The molecule has 0 fully saturated rings. The zero-order chi connectivity index (χ0) is 18.1. The van der Waals surface area contributed by atoms with E-state index in [9.17, 15) is 9.59 Å². The molecule has 24 heavy (non-hydrogen) atoms. The predicted octanol–water partition coefficient (Wildman–Crippen LogP) is 4.02. The van der Waals surface area contributed by atoms with Crippen LogP contribution in [-0.2, 0) is 16.1 Å². The highest BCUT2D eigenvalue weighted by molar-refractivity contribution is 6.30. The van der Waals surface area contributed by atoms with Crippen molar-refractivity contribution < 1.29 is 9.59 Å². The topological polar surface area (TPSA) is 49.4 Å². The van der Waals surface area contributed by atoms with Gasteiger partial charge in [0.15, 0.2) is 0 Å². The van der Waals surface area contributed by atoms with Crippen LogP contribution in [0.25, 0.3) is 0 Å². The van der Waals surface area contributed by atoms with Gasteiger partial charge in [-0.25, -0.2) is 0 Å². The largest absolute Gasteiger partial charge is 0.354 e. The normalized spacial score (nSPS) is 12.1. The highest BCUT2D eigenvalue weighted by Crippen LogP contribution is 2.15. The zero-order valence-electron chi connectivity index (χ0n) is 15.1. The van der Waals surface area contributed by atoms with Gasteiger partial charge < -0.3 is 10.2 Å².